The van der Waals surface area contributed by atoms with Crippen LogP contribution in [0.25, 0.3) is 0 Å². The third-order valence-electron chi connectivity index (χ3n) is 3.73. The topological polar surface area (TPSA) is 72.9 Å². The molecule has 1 aliphatic carbocycles. The van der Waals surface area contributed by atoms with E-state index in [9.17, 15) is 4.79 Å². The Balaban J connectivity index is 1.82. The van der Waals surface area contributed by atoms with Crippen LogP contribution in [-0.2, 0) is 12.6 Å². The molecule has 0 atom stereocenters. The minimum Gasteiger partial charge on any atom is -0.383 e. The SMILES string of the molecule is Cn1ncc(C(=O)NC2(c3ccc(Cl)cc3)CC2)c1N. The van der Waals surface area contributed by atoms with Crippen LogP contribution < -0.4 is 11.1 Å². The van der Waals surface area contributed by atoms with Crippen LogP contribution >= 0.6 is 11.6 Å². The van der Waals surface area contributed by atoms with Crippen molar-refractivity contribution in [2.24, 2.45) is 7.05 Å². The van der Waals surface area contributed by atoms with Crippen molar-refractivity contribution in [2.75, 3.05) is 5.73 Å². The molecule has 6 heteroatoms. The van der Waals surface area contributed by atoms with Gasteiger partial charge in [0.2, 0.25) is 0 Å². The van der Waals surface area contributed by atoms with Gasteiger partial charge in [-0.05, 0) is 30.5 Å². The Labute approximate surface area is 121 Å². The average molecular weight is 291 g/mol. The number of nitrogen functional groups attached to an aromatic ring is 1. The van der Waals surface area contributed by atoms with Crippen LogP contribution in [0.1, 0.15) is 28.8 Å². The number of hydrogen-bond donors (Lipinski definition) is 2. The zero-order valence-electron chi connectivity index (χ0n) is 11.1. The fourth-order valence-corrected chi connectivity index (χ4v) is 2.41. The van der Waals surface area contributed by atoms with E-state index >= 15 is 0 Å². The molecule has 5 nitrogen and oxygen atoms in total. The Morgan fingerprint density at radius 2 is 2.05 bits per heavy atom. The molecule has 3 N–H and O–H groups in total. The highest BCUT2D eigenvalue weighted by molar-refractivity contribution is 6.30. The van der Waals surface area contributed by atoms with Crippen LogP contribution in [0.15, 0.2) is 30.5 Å². The van der Waals surface area contributed by atoms with Crippen molar-refractivity contribution in [3.63, 3.8) is 0 Å². The Bertz CT molecular complexity index is 658. The van der Waals surface area contributed by atoms with Gasteiger partial charge in [0.15, 0.2) is 0 Å². The first-order valence-electron chi connectivity index (χ1n) is 6.38. The van der Waals surface area contributed by atoms with Crippen molar-refractivity contribution < 1.29 is 4.79 Å². The molecule has 1 amide bonds. The molecule has 104 valence electrons. The normalized spacial score (nSPS) is 15.9. The van der Waals surface area contributed by atoms with Gasteiger partial charge in [0.1, 0.15) is 11.4 Å². The van der Waals surface area contributed by atoms with E-state index in [-0.39, 0.29) is 11.4 Å². The van der Waals surface area contributed by atoms with E-state index in [1.54, 1.807) is 7.05 Å². The number of carbonyl (C=O) groups is 1. The van der Waals surface area contributed by atoms with Crippen molar-refractivity contribution in [1.82, 2.24) is 15.1 Å². The highest BCUT2D eigenvalue weighted by Gasteiger charge is 2.46. The molecule has 1 aliphatic rings. The summed E-state index contributed by atoms with van der Waals surface area (Å²) >= 11 is 5.89. The van der Waals surface area contributed by atoms with Crippen molar-refractivity contribution in [1.29, 1.82) is 0 Å². The number of anilines is 1. The summed E-state index contributed by atoms with van der Waals surface area (Å²) in [5.41, 5.74) is 7.01. The molecule has 0 spiro atoms. The maximum atomic E-state index is 12.3. The maximum absolute atomic E-state index is 12.3. The summed E-state index contributed by atoms with van der Waals surface area (Å²) in [6.45, 7) is 0. The van der Waals surface area contributed by atoms with Crippen molar-refractivity contribution in [2.45, 2.75) is 18.4 Å². The van der Waals surface area contributed by atoms with Gasteiger partial charge < -0.3 is 11.1 Å². The Morgan fingerprint density at radius 1 is 1.40 bits per heavy atom. The van der Waals surface area contributed by atoms with Gasteiger partial charge in [0, 0.05) is 12.1 Å². The second kappa shape index (κ2) is 4.52. The monoisotopic (exact) mass is 290 g/mol. The van der Waals surface area contributed by atoms with E-state index in [0.717, 1.165) is 18.4 Å². The van der Waals surface area contributed by atoms with Crippen molar-refractivity contribution >= 4 is 23.3 Å². The fraction of sp³-hybridized carbons (Fsp3) is 0.286. The number of aryl methyl sites for hydroxylation is 1. The first kappa shape index (κ1) is 13.0. The lowest BCUT2D eigenvalue weighted by Gasteiger charge is -2.17. The lowest BCUT2D eigenvalue weighted by atomic mass is 10.0. The van der Waals surface area contributed by atoms with Crippen LogP contribution in [-0.4, -0.2) is 15.7 Å². The van der Waals surface area contributed by atoms with E-state index in [0.29, 0.717) is 16.4 Å². The highest BCUT2D eigenvalue weighted by atomic mass is 35.5. The van der Waals surface area contributed by atoms with Crippen LogP contribution in [0.4, 0.5) is 5.82 Å². The van der Waals surface area contributed by atoms with Crippen LogP contribution in [0.2, 0.25) is 5.02 Å². The largest absolute Gasteiger partial charge is 0.383 e. The van der Waals surface area contributed by atoms with Gasteiger partial charge in [-0.1, -0.05) is 23.7 Å². The molecular weight excluding hydrogens is 276 g/mol. The summed E-state index contributed by atoms with van der Waals surface area (Å²) in [7, 11) is 1.71. The molecule has 2 aromatic rings. The quantitative estimate of drug-likeness (QED) is 0.909. The number of aromatic nitrogens is 2. The lowest BCUT2D eigenvalue weighted by Crippen LogP contribution is -2.35. The van der Waals surface area contributed by atoms with E-state index in [2.05, 4.69) is 10.4 Å². The van der Waals surface area contributed by atoms with E-state index in [1.165, 1.54) is 10.9 Å². The number of benzene rings is 1. The minimum absolute atomic E-state index is 0.192. The molecule has 1 aromatic carbocycles. The molecule has 20 heavy (non-hydrogen) atoms. The number of nitrogens with two attached hydrogens (primary N) is 1. The number of rotatable bonds is 3. The molecule has 1 saturated carbocycles. The number of hydrogen-bond acceptors (Lipinski definition) is 3. The molecule has 3 rings (SSSR count). The van der Waals surface area contributed by atoms with Gasteiger partial charge >= 0.3 is 0 Å². The number of halogens is 1. The van der Waals surface area contributed by atoms with Crippen LogP contribution in [0.3, 0.4) is 0 Å². The predicted octanol–water partition coefficient (Wildman–Crippen LogP) is 2.07. The van der Waals surface area contributed by atoms with Crippen LogP contribution in [0, 0.1) is 0 Å². The molecule has 1 fully saturated rings. The molecular formula is C14H15ClN4O. The zero-order chi connectivity index (χ0) is 14.3. The van der Waals surface area contributed by atoms with Gasteiger partial charge in [-0.2, -0.15) is 5.10 Å². The summed E-state index contributed by atoms with van der Waals surface area (Å²) in [6, 6.07) is 7.56. The summed E-state index contributed by atoms with van der Waals surface area (Å²) in [4.78, 5) is 12.3. The molecule has 0 aliphatic heterocycles. The van der Waals surface area contributed by atoms with Gasteiger partial charge in [-0.3, -0.25) is 9.48 Å². The first-order valence-corrected chi connectivity index (χ1v) is 6.76. The third kappa shape index (κ3) is 2.14. The number of amides is 1. The molecule has 1 heterocycles. The standard InChI is InChI=1S/C14H15ClN4O/c1-19-12(16)11(8-17-19)13(20)18-14(6-7-14)9-2-4-10(15)5-3-9/h2-5,8H,6-7,16H2,1H3,(H,18,20). The fourth-order valence-electron chi connectivity index (χ4n) is 2.29. The van der Waals surface area contributed by atoms with Gasteiger partial charge in [0.05, 0.1) is 11.7 Å². The number of nitrogens with zero attached hydrogens (tertiary/aromatic N) is 2. The number of nitrogens with one attached hydrogen (secondary N) is 1. The van der Waals surface area contributed by atoms with Crippen molar-refractivity contribution in [3.8, 4) is 0 Å². The molecule has 0 bridgehead atoms. The Morgan fingerprint density at radius 3 is 2.55 bits per heavy atom. The number of carbonyl (C=O) groups excluding carboxylic acids is 1. The first-order chi connectivity index (χ1) is 9.52. The lowest BCUT2D eigenvalue weighted by molar-refractivity contribution is 0.0931. The highest BCUT2D eigenvalue weighted by Crippen LogP contribution is 2.45. The smallest absolute Gasteiger partial charge is 0.257 e. The van der Waals surface area contributed by atoms with Gasteiger partial charge in [0.25, 0.3) is 5.91 Å². The summed E-state index contributed by atoms with van der Waals surface area (Å²) in [5, 5.41) is 7.73. The predicted molar refractivity (Wildman–Crippen MR) is 77.5 cm³/mol. The zero-order valence-corrected chi connectivity index (χ0v) is 11.8. The van der Waals surface area contributed by atoms with E-state index < -0.39 is 0 Å². The molecule has 0 radical (unpaired) electrons. The van der Waals surface area contributed by atoms with E-state index in [4.69, 9.17) is 17.3 Å². The summed E-state index contributed by atoms with van der Waals surface area (Å²) < 4.78 is 1.48. The second-order valence-electron chi connectivity index (χ2n) is 5.11. The van der Waals surface area contributed by atoms with E-state index in [1.807, 2.05) is 24.3 Å². The van der Waals surface area contributed by atoms with Crippen LogP contribution in [0.5, 0.6) is 0 Å². The maximum Gasteiger partial charge on any atom is 0.257 e. The Kier molecular flexibility index (Phi) is 2.94. The summed E-state index contributed by atoms with van der Waals surface area (Å²) in [5.74, 6) is 0.178. The third-order valence-corrected chi connectivity index (χ3v) is 3.98. The average Bonchev–Trinajstić information content (AvgIpc) is 3.12. The van der Waals surface area contributed by atoms with Gasteiger partial charge in [-0.15, -0.1) is 0 Å². The second-order valence-corrected chi connectivity index (χ2v) is 5.55. The summed E-state index contributed by atoms with van der Waals surface area (Å²) in [6.07, 6.45) is 3.32. The Hall–Kier alpha value is -2.01. The minimum atomic E-state index is -0.288. The molecule has 0 saturated heterocycles. The van der Waals surface area contributed by atoms with Crippen molar-refractivity contribution in [3.05, 3.63) is 46.6 Å². The molecule has 0 unspecified atom stereocenters. The van der Waals surface area contributed by atoms with Gasteiger partial charge in [-0.25, -0.2) is 0 Å². The molecule has 1 aromatic heterocycles.